The number of aryl methyl sites for hydroxylation is 1. The summed E-state index contributed by atoms with van der Waals surface area (Å²) in [6.45, 7) is 0.0932. The third-order valence-electron chi connectivity index (χ3n) is 2.29. The van der Waals surface area contributed by atoms with Crippen LogP contribution in [0.3, 0.4) is 0 Å². The van der Waals surface area contributed by atoms with Crippen molar-refractivity contribution in [3.8, 4) is 0 Å². The van der Waals surface area contributed by atoms with Gasteiger partial charge >= 0.3 is 5.97 Å². The zero-order chi connectivity index (χ0) is 14.6. The predicted molar refractivity (Wildman–Crippen MR) is 67.3 cm³/mol. The van der Waals surface area contributed by atoms with Crippen molar-refractivity contribution in [2.45, 2.75) is 17.9 Å². The van der Waals surface area contributed by atoms with Crippen LogP contribution in [0.4, 0.5) is 5.82 Å². The number of rotatable bonds is 6. The van der Waals surface area contributed by atoms with Gasteiger partial charge in [0.1, 0.15) is 4.90 Å². The molecule has 0 bridgehead atoms. The Bertz CT molecular complexity index is 697. The lowest BCUT2D eigenvalue weighted by Gasteiger charge is -2.03. The molecule has 0 unspecified atom stereocenters. The number of aromatic nitrogens is 4. The number of nitrogens with one attached hydrogen (secondary N) is 1. The zero-order valence-electron chi connectivity index (χ0n) is 10.2. The quantitative estimate of drug-likeness (QED) is 0.765. The Morgan fingerprint density at radius 3 is 2.90 bits per heavy atom. The second-order valence-corrected chi connectivity index (χ2v) is 5.48. The number of nitrogens with zero attached hydrogens (tertiary/aromatic N) is 4. The Morgan fingerprint density at radius 1 is 1.45 bits per heavy atom. The molecule has 106 valence electrons. The van der Waals surface area contributed by atoms with E-state index < -0.39 is 16.0 Å². The lowest BCUT2D eigenvalue weighted by atomic mass is 10.4. The van der Waals surface area contributed by atoms with Crippen LogP contribution in [0.2, 0.25) is 0 Å². The van der Waals surface area contributed by atoms with Crippen molar-refractivity contribution in [1.29, 1.82) is 0 Å². The second kappa shape index (κ2) is 5.65. The first-order valence-corrected chi connectivity index (χ1v) is 7.00. The summed E-state index contributed by atoms with van der Waals surface area (Å²) in [5.41, 5.74) is 0. The highest BCUT2D eigenvalue weighted by Crippen LogP contribution is 2.12. The standard InChI is InChI=1S/C10H11N5O4S/c16-10(17)3-5-15-7-8(6-12-15)20(18,19)14-9-2-1-4-11-13-9/h1-2,4,6-7H,3,5H2,(H,13,14)(H,16,17). The molecule has 9 nitrogen and oxygen atoms in total. The summed E-state index contributed by atoms with van der Waals surface area (Å²) in [6, 6.07) is 3.00. The monoisotopic (exact) mass is 297 g/mol. The summed E-state index contributed by atoms with van der Waals surface area (Å²) < 4.78 is 27.5. The van der Waals surface area contributed by atoms with Crippen LogP contribution in [0.15, 0.2) is 35.6 Å². The van der Waals surface area contributed by atoms with E-state index in [1.807, 2.05) is 0 Å². The number of aliphatic carboxylic acids is 1. The summed E-state index contributed by atoms with van der Waals surface area (Å²) in [6.07, 6.45) is 3.67. The van der Waals surface area contributed by atoms with Crippen LogP contribution in [-0.2, 0) is 21.4 Å². The van der Waals surface area contributed by atoms with Gasteiger partial charge in [-0.25, -0.2) is 8.42 Å². The van der Waals surface area contributed by atoms with Crippen LogP contribution < -0.4 is 4.72 Å². The van der Waals surface area contributed by atoms with Crippen LogP contribution >= 0.6 is 0 Å². The van der Waals surface area contributed by atoms with E-state index in [1.165, 1.54) is 23.1 Å². The van der Waals surface area contributed by atoms with Gasteiger partial charge in [0, 0.05) is 12.4 Å². The Hall–Kier alpha value is -2.49. The first-order chi connectivity index (χ1) is 9.47. The van der Waals surface area contributed by atoms with E-state index in [1.54, 1.807) is 6.07 Å². The lowest BCUT2D eigenvalue weighted by molar-refractivity contribution is -0.137. The Kier molecular flexibility index (Phi) is 3.94. The van der Waals surface area contributed by atoms with E-state index in [9.17, 15) is 13.2 Å². The number of anilines is 1. The largest absolute Gasteiger partial charge is 0.481 e. The lowest BCUT2D eigenvalue weighted by Crippen LogP contribution is -2.13. The molecule has 10 heteroatoms. The van der Waals surface area contributed by atoms with Crippen molar-refractivity contribution in [3.63, 3.8) is 0 Å². The van der Waals surface area contributed by atoms with Gasteiger partial charge < -0.3 is 5.11 Å². The van der Waals surface area contributed by atoms with E-state index in [0.29, 0.717) is 0 Å². The molecule has 0 aliphatic carbocycles. The van der Waals surface area contributed by atoms with Crippen molar-refractivity contribution >= 4 is 21.8 Å². The van der Waals surface area contributed by atoms with Gasteiger partial charge in [0.05, 0.1) is 19.2 Å². The second-order valence-electron chi connectivity index (χ2n) is 3.80. The van der Waals surface area contributed by atoms with Crippen molar-refractivity contribution in [2.75, 3.05) is 4.72 Å². The average Bonchev–Trinajstić information content (AvgIpc) is 2.86. The van der Waals surface area contributed by atoms with Crippen LogP contribution in [0.25, 0.3) is 0 Å². The molecule has 2 N–H and O–H groups in total. The van der Waals surface area contributed by atoms with E-state index >= 15 is 0 Å². The van der Waals surface area contributed by atoms with Crippen LogP contribution in [-0.4, -0.2) is 39.5 Å². The zero-order valence-corrected chi connectivity index (χ0v) is 11.0. The van der Waals surface area contributed by atoms with Gasteiger partial charge in [0.25, 0.3) is 10.0 Å². The van der Waals surface area contributed by atoms with Gasteiger partial charge in [-0.15, -0.1) is 5.10 Å². The normalized spacial score (nSPS) is 11.2. The Balaban J connectivity index is 2.12. The molecular weight excluding hydrogens is 286 g/mol. The van der Waals surface area contributed by atoms with Gasteiger partial charge in [-0.2, -0.15) is 10.2 Å². The maximum atomic E-state index is 12.0. The highest BCUT2D eigenvalue weighted by atomic mass is 32.2. The third-order valence-corrected chi connectivity index (χ3v) is 3.60. The van der Waals surface area contributed by atoms with E-state index in [-0.39, 0.29) is 23.7 Å². The van der Waals surface area contributed by atoms with Crippen LogP contribution in [0, 0.1) is 0 Å². The molecule has 0 spiro atoms. The van der Waals surface area contributed by atoms with E-state index in [2.05, 4.69) is 20.0 Å². The first-order valence-electron chi connectivity index (χ1n) is 5.52. The first kappa shape index (κ1) is 13.9. The fraction of sp³-hybridized carbons (Fsp3) is 0.200. The Morgan fingerprint density at radius 2 is 2.25 bits per heavy atom. The van der Waals surface area contributed by atoms with E-state index in [4.69, 9.17) is 5.11 Å². The molecule has 0 amide bonds. The molecule has 0 fully saturated rings. The van der Waals surface area contributed by atoms with Gasteiger partial charge in [-0.05, 0) is 12.1 Å². The summed E-state index contributed by atoms with van der Waals surface area (Å²) in [5, 5.41) is 19.5. The number of sulfonamides is 1. The van der Waals surface area contributed by atoms with E-state index in [0.717, 1.165) is 6.20 Å². The molecule has 0 aliphatic heterocycles. The van der Waals surface area contributed by atoms with Gasteiger partial charge in [-0.3, -0.25) is 14.2 Å². The summed E-state index contributed by atoms with van der Waals surface area (Å²) in [7, 11) is -3.81. The third kappa shape index (κ3) is 3.51. The molecule has 2 heterocycles. The number of carboxylic acid groups (broad SMARTS) is 1. The van der Waals surface area contributed by atoms with Gasteiger partial charge in [0.2, 0.25) is 0 Å². The average molecular weight is 297 g/mol. The molecule has 20 heavy (non-hydrogen) atoms. The van der Waals surface area contributed by atoms with Crippen molar-refractivity contribution in [1.82, 2.24) is 20.0 Å². The summed E-state index contributed by atoms with van der Waals surface area (Å²) in [4.78, 5) is 10.4. The van der Waals surface area contributed by atoms with Gasteiger partial charge in [0.15, 0.2) is 5.82 Å². The number of carboxylic acids is 1. The minimum atomic E-state index is -3.81. The molecule has 2 aromatic heterocycles. The fourth-order valence-corrected chi connectivity index (χ4v) is 2.32. The minimum absolute atomic E-state index is 0.0754. The molecule has 0 radical (unpaired) electrons. The maximum absolute atomic E-state index is 12.0. The summed E-state index contributed by atoms with van der Waals surface area (Å²) in [5.74, 6) is -0.895. The summed E-state index contributed by atoms with van der Waals surface area (Å²) >= 11 is 0. The van der Waals surface area contributed by atoms with Crippen LogP contribution in [0.5, 0.6) is 0 Å². The SMILES string of the molecule is O=C(O)CCn1cc(S(=O)(=O)Nc2cccnn2)cn1. The topological polar surface area (TPSA) is 127 Å². The smallest absolute Gasteiger partial charge is 0.305 e. The fourth-order valence-electron chi connectivity index (χ4n) is 1.37. The molecule has 0 saturated carbocycles. The van der Waals surface area contributed by atoms with Crippen molar-refractivity contribution in [2.24, 2.45) is 0 Å². The molecule has 2 rings (SSSR count). The molecular formula is C10H11N5O4S. The molecule has 0 aliphatic rings. The number of hydrogen-bond acceptors (Lipinski definition) is 6. The van der Waals surface area contributed by atoms with Crippen molar-refractivity contribution in [3.05, 3.63) is 30.7 Å². The maximum Gasteiger partial charge on any atom is 0.305 e. The minimum Gasteiger partial charge on any atom is -0.481 e. The number of hydrogen-bond donors (Lipinski definition) is 2. The molecule has 0 saturated heterocycles. The van der Waals surface area contributed by atoms with Crippen molar-refractivity contribution < 1.29 is 18.3 Å². The van der Waals surface area contributed by atoms with Crippen LogP contribution in [0.1, 0.15) is 6.42 Å². The molecule has 2 aromatic rings. The molecule has 0 aromatic carbocycles. The van der Waals surface area contributed by atoms with Gasteiger partial charge in [-0.1, -0.05) is 0 Å². The number of carbonyl (C=O) groups is 1. The highest BCUT2D eigenvalue weighted by molar-refractivity contribution is 7.92. The molecule has 0 atom stereocenters. The predicted octanol–water partition coefficient (Wildman–Crippen LogP) is -0.0514. The highest BCUT2D eigenvalue weighted by Gasteiger charge is 2.17. The Labute approximate surface area is 114 Å².